The lowest BCUT2D eigenvalue weighted by atomic mass is 9.93. The minimum atomic E-state index is 0.709. The van der Waals surface area contributed by atoms with Crippen molar-refractivity contribution in [3.05, 3.63) is 36.4 Å². The van der Waals surface area contributed by atoms with E-state index in [0.29, 0.717) is 12.1 Å². The van der Waals surface area contributed by atoms with E-state index in [1.165, 1.54) is 96.7 Å². The van der Waals surface area contributed by atoms with Gasteiger partial charge in [-0.05, 0) is 75.9 Å². The minimum Gasteiger partial charge on any atom is -0.369 e. The second-order valence-electron chi connectivity index (χ2n) is 9.74. The molecule has 172 valence electrons. The van der Waals surface area contributed by atoms with Crippen LogP contribution in [0.25, 0.3) is 0 Å². The van der Waals surface area contributed by atoms with Crippen LogP contribution in [0.2, 0.25) is 0 Å². The molecule has 5 rings (SSSR count). The highest BCUT2D eigenvalue weighted by molar-refractivity contribution is 7.99. The summed E-state index contributed by atoms with van der Waals surface area (Å²) in [5.41, 5.74) is 5.28. The van der Waals surface area contributed by atoms with Crippen molar-refractivity contribution in [1.29, 1.82) is 0 Å². The fourth-order valence-electron chi connectivity index (χ4n) is 6.11. The van der Waals surface area contributed by atoms with Gasteiger partial charge in [0.2, 0.25) is 0 Å². The Labute approximate surface area is 199 Å². The first-order valence-electron chi connectivity index (χ1n) is 13.0. The van der Waals surface area contributed by atoms with E-state index < -0.39 is 0 Å². The van der Waals surface area contributed by atoms with Gasteiger partial charge in [-0.25, -0.2) is 0 Å². The molecule has 2 saturated carbocycles. The van der Waals surface area contributed by atoms with Crippen LogP contribution in [-0.4, -0.2) is 25.2 Å². The Bertz CT molecular complexity index is 841. The molecular formula is C28H39N3S. The van der Waals surface area contributed by atoms with E-state index in [1.54, 1.807) is 0 Å². The lowest BCUT2D eigenvalue weighted by Crippen LogP contribution is -2.36. The van der Waals surface area contributed by atoms with Gasteiger partial charge in [-0.1, -0.05) is 50.3 Å². The van der Waals surface area contributed by atoms with Crippen LogP contribution >= 0.6 is 11.8 Å². The van der Waals surface area contributed by atoms with E-state index in [0.717, 1.165) is 13.1 Å². The van der Waals surface area contributed by atoms with Crippen molar-refractivity contribution >= 4 is 34.5 Å². The maximum Gasteiger partial charge on any atom is 0.0527 e. The fraction of sp³-hybridized carbons (Fsp3) is 0.571. The zero-order chi connectivity index (χ0) is 21.9. The van der Waals surface area contributed by atoms with E-state index in [-0.39, 0.29) is 0 Å². The molecule has 0 unspecified atom stereocenters. The Morgan fingerprint density at radius 1 is 0.688 bits per heavy atom. The monoisotopic (exact) mass is 449 g/mol. The summed E-state index contributed by atoms with van der Waals surface area (Å²) >= 11 is 1.94. The summed E-state index contributed by atoms with van der Waals surface area (Å²) in [7, 11) is 0. The summed E-state index contributed by atoms with van der Waals surface area (Å²) in [6.45, 7) is 6.81. The van der Waals surface area contributed by atoms with Gasteiger partial charge in [-0.15, -0.1) is 0 Å². The maximum atomic E-state index is 3.71. The molecule has 3 nitrogen and oxygen atoms in total. The Morgan fingerprint density at radius 2 is 1.12 bits per heavy atom. The van der Waals surface area contributed by atoms with Gasteiger partial charge in [0.05, 0.1) is 11.4 Å². The van der Waals surface area contributed by atoms with Crippen LogP contribution in [0, 0.1) is 0 Å². The van der Waals surface area contributed by atoms with E-state index >= 15 is 0 Å². The molecule has 0 aromatic heterocycles. The normalized spacial score (nSPS) is 19.1. The van der Waals surface area contributed by atoms with Crippen molar-refractivity contribution < 1.29 is 0 Å². The summed E-state index contributed by atoms with van der Waals surface area (Å²) in [6, 6.07) is 15.5. The predicted octanol–water partition coefficient (Wildman–Crippen LogP) is 8.21. The van der Waals surface area contributed by atoms with E-state index in [2.05, 4.69) is 65.4 Å². The van der Waals surface area contributed by atoms with Crippen LogP contribution in [0.5, 0.6) is 0 Å². The second-order valence-corrected chi connectivity index (χ2v) is 10.8. The molecule has 3 aliphatic rings. The van der Waals surface area contributed by atoms with Crippen molar-refractivity contribution in [1.82, 2.24) is 0 Å². The van der Waals surface area contributed by atoms with E-state index in [1.807, 2.05) is 11.8 Å². The summed E-state index contributed by atoms with van der Waals surface area (Å²) < 4.78 is 0. The highest BCUT2D eigenvalue weighted by Gasteiger charge is 2.24. The molecule has 1 N–H and O–H groups in total. The Kier molecular flexibility index (Phi) is 6.87. The van der Waals surface area contributed by atoms with Gasteiger partial charge < -0.3 is 15.1 Å². The van der Waals surface area contributed by atoms with Crippen molar-refractivity contribution in [2.75, 3.05) is 28.2 Å². The molecule has 2 fully saturated rings. The molecule has 0 amide bonds. The van der Waals surface area contributed by atoms with Crippen LogP contribution in [0.1, 0.15) is 78.1 Å². The molecule has 0 atom stereocenters. The molecule has 0 radical (unpaired) electrons. The number of benzene rings is 2. The van der Waals surface area contributed by atoms with Crippen molar-refractivity contribution in [2.45, 2.75) is 99.9 Å². The largest absolute Gasteiger partial charge is 0.369 e. The zero-order valence-electron chi connectivity index (χ0n) is 19.9. The van der Waals surface area contributed by atoms with Crippen LogP contribution in [-0.2, 0) is 0 Å². The summed E-state index contributed by atoms with van der Waals surface area (Å²) in [6.07, 6.45) is 13.7. The Morgan fingerprint density at radius 3 is 1.53 bits per heavy atom. The molecule has 2 aliphatic carbocycles. The fourth-order valence-corrected chi connectivity index (χ4v) is 7.16. The van der Waals surface area contributed by atoms with Gasteiger partial charge in [0, 0.05) is 46.3 Å². The van der Waals surface area contributed by atoms with Gasteiger partial charge in [-0.3, -0.25) is 0 Å². The number of anilines is 4. The number of fused-ring (bicyclic) bond motifs is 2. The van der Waals surface area contributed by atoms with Crippen molar-refractivity contribution in [3.63, 3.8) is 0 Å². The molecule has 1 aliphatic heterocycles. The molecule has 0 spiro atoms. The topological polar surface area (TPSA) is 18.5 Å². The third-order valence-corrected chi connectivity index (χ3v) is 8.91. The SMILES string of the molecule is CCN(c1ccc2c(c1)Sc1cc(N(CC)C3CCCCC3)ccc1N2)C1CCCCC1. The lowest BCUT2D eigenvalue weighted by molar-refractivity contribution is 0.418. The van der Waals surface area contributed by atoms with E-state index in [9.17, 15) is 0 Å². The molecule has 32 heavy (non-hydrogen) atoms. The molecule has 2 aromatic rings. The standard InChI is InChI=1S/C28H39N3S/c1-3-30(21-11-7-5-8-12-21)23-15-17-25-27(19-23)32-28-20-24(16-18-26(28)29-25)31(4-2)22-13-9-6-10-14-22/h15-22,29H,3-14H2,1-2H3. The third kappa shape index (κ3) is 4.48. The van der Waals surface area contributed by atoms with Crippen molar-refractivity contribution in [2.24, 2.45) is 0 Å². The molecule has 4 heteroatoms. The highest BCUT2D eigenvalue weighted by atomic mass is 32.2. The van der Waals surface area contributed by atoms with Gasteiger partial charge >= 0.3 is 0 Å². The quantitative estimate of drug-likeness (QED) is 0.408. The molecule has 0 bridgehead atoms. The summed E-state index contributed by atoms with van der Waals surface area (Å²) in [4.78, 5) is 8.02. The maximum absolute atomic E-state index is 3.71. The number of nitrogens with one attached hydrogen (secondary N) is 1. The van der Waals surface area contributed by atoms with Crippen molar-refractivity contribution in [3.8, 4) is 0 Å². The predicted molar refractivity (Wildman–Crippen MR) is 140 cm³/mol. The number of nitrogens with zero attached hydrogens (tertiary/aromatic N) is 2. The minimum absolute atomic E-state index is 0.709. The average molecular weight is 450 g/mol. The Hall–Kier alpha value is -1.81. The van der Waals surface area contributed by atoms with E-state index in [4.69, 9.17) is 0 Å². The molecular weight excluding hydrogens is 410 g/mol. The second kappa shape index (κ2) is 9.99. The van der Waals surface area contributed by atoms with Gasteiger partial charge in [-0.2, -0.15) is 0 Å². The smallest absolute Gasteiger partial charge is 0.0527 e. The molecule has 1 heterocycles. The van der Waals surface area contributed by atoms with Crippen LogP contribution in [0.15, 0.2) is 46.2 Å². The highest BCUT2D eigenvalue weighted by Crippen LogP contribution is 2.47. The number of hydrogen-bond donors (Lipinski definition) is 1. The van der Waals surface area contributed by atoms with Gasteiger partial charge in [0.15, 0.2) is 0 Å². The number of rotatable bonds is 6. The first kappa shape index (κ1) is 22.0. The molecule has 0 saturated heterocycles. The van der Waals surface area contributed by atoms with Gasteiger partial charge in [0.1, 0.15) is 0 Å². The average Bonchev–Trinajstić information content (AvgIpc) is 2.85. The summed E-state index contributed by atoms with van der Waals surface area (Å²) in [5, 5.41) is 3.71. The first-order chi connectivity index (χ1) is 15.8. The lowest BCUT2D eigenvalue weighted by Gasteiger charge is -2.37. The number of hydrogen-bond acceptors (Lipinski definition) is 4. The molecule has 2 aromatic carbocycles. The van der Waals surface area contributed by atoms with Gasteiger partial charge in [0.25, 0.3) is 0 Å². The van der Waals surface area contributed by atoms with Crippen LogP contribution in [0.3, 0.4) is 0 Å². The Balaban J connectivity index is 1.38. The zero-order valence-corrected chi connectivity index (χ0v) is 20.7. The van der Waals surface area contributed by atoms with Crippen LogP contribution in [0.4, 0.5) is 22.7 Å². The third-order valence-electron chi connectivity index (χ3n) is 7.80. The van der Waals surface area contributed by atoms with Crippen LogP contribution < -0.4 is 15.1 Å². The summed E-state index contributed by atoms with van der Waals surface area (Å²) in [5.74, 6) is 0. The first-order valence-corrected chi connectivity index (χ1v) is 13.8.